The molecule has 0 amide bonds. The summed E-state index contributed by atoms with van der Waals surface area (Å²) in [6.45, 7) is 4.45. The van der Waals surface area contributed by atoms with Gasteiger partial charge in [0.1, 0.15) is 0 Å². The number of hydrogen-bond acceptors (Lipinski definition) is 5. The molecule has 0 radical (unpaired) electrons. The number of thiophene rings is 2. The largest absolute Gasteiger partial charge is 0.144 e. The second-order valence-corrected chi connectivity index (χ2v) is 14.1. The first-order chi connectivity index (χ1) is 15.2. The van der Waals surface area contributed by atoms with Crippen molar-refractivity contribution < 1.29 is 0 Å². The summed E-state index contributed by atoms with van der Waals surface area (Å²) < 4.78 is 0. The van der Waals surface area contributed by atoms with E-state index in [-0.39, 0.29) is 0 Å². The Hall–Kier alpha value is -1.11. The fraction of sp³-hybridized carbons (Fsp3) is 0.231. The van der Waals surface area contributed by atoms with E-state index in [0.717, 1.165) is 0 Å². The van der Waals surface area contributed by atoms with Gasteiger partial charge in [-0.15, -0.1) is 58.0 Å². The van der Waals surface area contributed by atoms with E-state index in [1.165, 1.54) is 29.3 Å². The number of rotatable bonds is 6. The van der Waals surface area contributed by atoms with Crippen LogP contribution in [0.15, 0.2) is 94.7 Å². The number of thioether (sulfide) groups is 3. The Morgan fingerprint density at radius 2 is 0.968 bits per heavy atom. The summed E-state index contributed by atoms with van der Waals surface area (Å²) in [7, 11) is 0. The Morgan fingerprint density at radius 3 is 1.32 bits per heavy atom. The van der Waals surface area contributed by atoms with Crippen LogP contribution in [0, 0.1) is 13.8 Å². The van der Waals surface area contributed by atoms with Gasteiger partial charge in [-0.25, -0.2) is 0 Å². The first kappa shape index (κ1) is 21.7. The molecule has 0 bridgehead atoms. The molecule has 1 aliphatic heterocycles. The molecular formula is C26H24S5. The minimum atomic E-state index is 0.498. The van der Waals surface area contributed by atoms with E-state index < -0.39 is 0 Å². The monoisotopic (exact) mass is 496 g/mol. The van der Waals surface area contributed by atoms with Crippen molar-refractivity contribution in [1.82, 2.24) is 0 Å². The van der Waals surface area contributed by atoms with Crippen LogP contribution in [0.3, 0.4) is 0 Å². The molecule has 158 valence electrons. The second-order valence-electron chi connectivity index (χ2n) is 7.67. The third kappa shape index (κ3) is 4.96. The molecule has 0 saturated carbocycles. The molecule has 0 N–H and O–H groups in total. The molecule has 2 aromatic heterocycles. The average Bonchev–Trinajstić information content (AvgIpc) is 3.49. The third-order valence-electron chi connectivity index (χ3n) is 5.33. The van der Waals surface area contributed by atoms with Gasteiger partial charge in [-0.1, -0.05) is 36.4 Å². The molecule has 4 atom stereocenters. The summed E-state index contributed by atoms with van der Waals surface area (Å²) in [6.07, 6.45) is 0. The van der Waals surface area contributed by atoms with E-state index in [0.29, 0.717) is 21.0 Å². The van der Waals surface area contributed by atoms with Gasteiger partial charge in [0.05, 0.1) is 10.5 Å². The first-order valence-electron chi connectivity index (χ1n) is 10.4. The molecule has 31 heavy (non-hydrogen) atoms. The summed E-state index contributed by atoms with van der Waals surface area (Å²) >= 11 is 10.2. The summed E-state index contributed by atoms with van der Waals surface area (Å²) in [4.78, 5) is 8.58. The lowest BCUT2D eigenvalue weighted by Gasteiger charge is -2.25. The summed E-state index contributed by atoms with van der Waals surface area (Å²) in [6, 6.07) is 31.2. The Kier molecular flexibility index (Phi) is 6.87. The molecule has 0 spiro atoms. The topological polar surface area (TPSA) is 0 Å². The quantitative estimate of drug-likeness (QED) is 0.261. The number of aryl methyl sites for hydroxylation is 2. The molecule has 0 aliphatic carbocycles. The normalized spacial score (nSPS) is 23.3. The van der Waals surface area contributed by atoms with Crippen LogP contribution < -0.4 is 0 Å². The maximum atomic E-state index is 2.36. The van der Waals surface area contributed by atoms with Crippen LogP contribution in [0.5, 0.6) is 0 Å². The van der Waals surface area contributed by atoms with E-state index in [4.69, 9.17) is 0 Å². The van der Waals surface area contributed by atoms with Crippen LogP contribution in [0.25, 0.3) is 0 Å². The SMILES string of the molecule is Cc1ccc(C2SC(c3ccc(C)s3)C(Sc3ccccc3)C2Sc2ccccc2)s1. The van der Waals surface area contributed by atoms with Crippen LogP contribution in [-0.2, 0) is 0 Å². The zero-order valence-corrected chi connectivity index (χ0v) is 21.5. The van der Waals surface area contributed by atoms with Gasteiger partial charge in [0.2, 0.25) is 0 Å². The van der Waals surface area contributed by atoms with Crippen LogP contribution in [0.2, 0.25) is 0 Å². The van der Waals surface area contributed by atoms with Gasteiger partial charge >= 0.3 is 0 Å². The average molecular weight is 497 g/mol. The van der Waals surface area contributed by atoms with Crippen molar-refractivity contribution in [3.05, 3.63) is 104 Å². The molecule has 2 aromatic carbocycles. The zero-order valence-electron chi connectivity index (χ0n) is 17.4. The van der Waals surface area contributed by atoms with Gasteiger partial charge in [0, 0.05) is 39.8 Å². The maximum absolute atomic E-state index is 2.36. The Balaban J connectivity index is 1.56. The molecule has 1 aliphatic rings. The summed E-state index contributed by atoms with van der Waals surface area (Å²) in [5.74, 6) is 0. The summed E-state index contributed by atoms with van der Waals surface area (Å²) in [5, 5.41) is 2.00. The van der Waals surface area contributed by atoms with Gasteiger partial charge < -0.3 is 0 Å². The minimum Gasteiger partial charge on any atom is -0.144 e. The zero-order chi connectivity index (χ0) is 21.2. The van der Waals surface area contributed by atoms with Gasteiger partial charge in [0.25, 0.3) is 0 Å². The lowest BCUT2D eigenvalue weighted by atomic mass is 10.1. The van der Waals surface area contributed by atoms with Crippen molar-refractivity contribution in [1.29, 1.82) is 0 Å². The molecule has 4 aromatic rings. The van der Waals surface area contributed by atoms with Crippen LogP contribution >= 0.6 is 58.0 Å². The van der Waals surface area contributed by atoms with E-state index in [1.54, 1.807) is 0 Å². The van der Waals surface area contributed by atoms with Crippen LogP contribution in [0.1, 0.15) is 30.0 Å². The van der Waals surface area contributed by atoms with E-state index in [2.05, 4.69) is 134 Å². The standard InChI is InChI=1S/C26H24S5/c1-17-13-15-21(27-17)23-25(29-19-9-5-3-6-10-19)26(30-20-11-7-4-8-12-20)24(31-23)22-16-14-18(2)28-22/h3-16,23-26H,1-2H3. The number of hydrogen-bond donors (Lipinski definition) is 0. The second kappa shape index (κ2) is 9.80. The van der Waals surface area contributed by atoms with Crippen molar-refractivity contribution in [3.8, 4) is 0 Å². The Labute approximate surface area is 205 Å². The maximum Gasteiger partial charge on any atom is 0.0531 e. The molecule has 1 saturated heterocycles. The fourth-order valence-electron chi connectivity index (χ4n) is 3.90. The van der Waals surface area contributed by atoms with Crippen LogP contribution in [-0.4, -0.2) is 10.5 Å². The van der Waals surface area contributed by atoms with Crippen molar-refractivity contribution in [2.75, 3.05) is 0 Å². The Bertz CT molecular complexity index is 1030. The highest BCUT2D eigenvalue weighted by Gasteiger charge is 2.47. The smallest absolute Gasteiger partial charge is 0.0531 e. The van der Waals surface area contributed by atoms with Crippen molar-refractivity contribution in [2.45, 2.75) is 44.6 Å². The Morgan fingerprint density at radius 1 is 0.548 bits per heavy atom. The first-order valence-corrected chi connectivity index (χ1v) is 14.7. The molecule has 0 nitrogen and oxygen atoms in total. The summed E-state index contributed by atoms with van der Waals surface area (Å²) in [5.41, 5.74) is 0. The fourth-order valence-corrected chi connectivity index (χ4v) is 11.5. The van der Waals surface area contributed by atoms with Gasteiger partial charge in [-0.2, -0.15) is 0 Å². The van der Waals surface area contributed by atoms with Crippen molar-refractivity contribution in [3.63, 3.8) is 0 Å². The van der Waals surface area contributed by atoms with Gasteiger partial charge in [-0.05, 0) is 62.4 Å². The minimum absolute atomic E-state index is 0.498. The highest BCUT2D eigenvalue weighted by molar-refractivity contribution is 8.08. The van der Waals surface area contributed by atoms with E-state index in [9.17, 15) is 0 Å². The number of benzene rings is 2. The molecule has 4 unspecified atom stereocenters. The van der Waals surface area contributed by atoms with Crippen molar-refractivity contribution >= 4 is 58.0 Å². The van der Waals surface area contributed by atoms with E-state index in [1.807, 2.05) is 22.7 Å². The highest BCUT2D eigenvalue weighted by Crippen LogP contribution is 2.63. The lowest BCUT2D eigenvalue weighted by molar-refractivity contribution is 0.814. The predicted octanol–water partition coefficient (Wildman–Crippen LogP) is 9.28. The van der Waals surface area contributed by atoms with Gasteiger partial charge in [0.15, 0.2) is 0 Å². The lowest BCUT2D eigenvalue weighted by Crippen LogP contribution is -2.21. The van der Waals surface area contributed by atoms with Crippen molar-refractivity contribution in [2.24, 2.45) is 0 Å². The molecule has 5 rings (SSSR count). The van der Waals surface area contributed by atoms with E-state index >= 15 is 0 Å². The predicted molar refractivity (Wildman–Crippen MR) is 143 cm³/mol. The highest BCUT2D eigenvalue weighted by atomic mass is 32.2. The molecule has 1 fully saturated rings. The third-order valence-corrected chi connectivity index (χ3v) is 12.8. The molecular weight excluding hydrogens is 473 g/mol. The molecule has 5 heteroatoms. The van der Waals surface area contributed by atoms with Crippen LogP contribution in [0.4, 0.5) is 0 Å². The van der Waals surface area contributed by atoms with Gasteiger partial charge in [-0.3, -0.25) is 0 Å². The molecule has 3 heterocycles.